The van der Waals surface area contributed by atoms with Crippen molar-refractivity contribution in [2.45, 2.75) is 0 Å². The van der Waals surface area contributed by atoms with Crippen LogP contribution in [0.25, 0.3) is 66.1 Å². The van der Waals surface area contributed by atoms with Crippen molar-refractivity contribution in [2.75, 3.05) is 0 Å². The molecule has 0 unspecified atom stereocenters. The first-order chi connectivity index (χ1) is 16.9. The van der Waals surface area contributed by atoms with Crippen molar-refractivity contribution in [3.8, 4) is 5.69 Å². The molecule has 0 atom stereocenters. The number of fused-ring (bicyclic) bond motifs is 12. The van der Waals surface area contributed by atoms with Crippen LogP contribution in [-0.4, -0.2) is 23.9 Å². The van der Waals surface area contributed by atoms with E-state index < -0.39 is 0 Å². The van der Waals surface area contributed by atoms with Crippen LogP contribution in [0, 0.1) is 0 Å². The van der Waals surface area contributed by atoms with E-state index in [1.165, 1.54) is 16.3 Å². The lowest BCUT2D eigenvalue weighted by atomic mass is 10.0. The van der Waals surface area contributed by atoms with Gasteiger partial charge in [0.15, 0.2) is 11.3 Å². The molecular weight excluding hydrogens is 418 g/mol. The molecule has 3 aromatic carbocycles. The maximum absolute atomic E-state index is 5.10. The molecule has 0 fully saturated rings. The van der Waals surface area contributed by atoms with Gasteiger partial charge in [0.25, 0.3) is 0 Å². The fourth-order valence-corrected chi connectivity index (χ4v) is 5.42. The van der Waals surface area contributed by atoms with Gasteiger partial charge < -0.3 is 4.57 Å². The highest BCUT2D eigenvalue weighted by molar-refractivity contribution is 6.26. The van der Waals surface area contributed by atoms with E-state index in [9.17, 15) is 0 Å². The molecule has 0 saturated heterocycles. The van der Waals surface area contributed by atoms with E-state index in [1.54, 1.807) is 0 Å². The van der Waals surface area contributed by atoms with Crippen molar-refractivity contribution in [1.29, 1.82) is 0 Å². The van der Waals surface area contributed by atoms with E-state index >= 15 is 0 Å². The Balaban J connectivity index is 1.76. The van der Waals surface area contributed by atoms with Gasteiger partial charge in [-0.3, -0.25) is 4.40 Å². The van der Waals surface area contributed by atoms with Crippen LogP contribution in [0.2, 0.25) is 0 Å². The van der Waals surface area contributed by atoms with E-state index in [1.807, 2.05) is 30.6 Å². The Labute approximate surface area is 193 Å². The lowest BCUT2D eigenvalue weighted by molar-refractivity contribution is 1.18. The zero-order valence-corrected chi connectivity index (χ0v) is 18.1. The van der Waals surface area contributed by atoms with Gasteiger partial charge in [0.05, 0.1) is 16.4 Å². The molecule has 34 heavy (non-hydrogen) atoms. The Morgan fingerprint density at radius 2 is 1.26 bits per heavy atom. The van der Waals surface area contributed by atoms with Crippen molar-refractivity contribution in [3.63, 3.8) is 0 Å². The third-order valence-corrected chi connectivity index (χ3v) is 6.78. The van der Waals surface area contributed by atoms with E-state index in [4.69, 9.17) is 9.97 Å². The molecule has 5 nitrogen and oxygen atoms in total. The summed E-state index contributed by atoms with van der Waals surface area (Å²) in [5.74, 6) is 0. The highest BCUT2D eigenvalue weighted by Gasteiger charge is 2.21. The summed E-state index contributed by atoms with van der Waals surface area (Å²) in [5.41, 5.74) is 6.88. The minimum atomic E-state index is 0.822. The number of pyridine rings is 3. The first kappa shape index (κ1) is 17.7. The summed E-state index contributed by atoms with van der Waals surface area (Å²) in [6.45, 7) is 0. The number of aromatic nitrogens is 5. The van der Waals surface area contributed by atoms with Gasteiger partial charge in [-0.25, -0.2) is 15.0 Å². The Morgan fingerprint density at radius 1 is 0.529 bits per heavy atom. The predicted molar refractivity (Wildman–Crippen MR) is 138 cm³/mol. The van der Waals surface area contributed by atoms with Gasteiger partial charge in [-0.1, -0.05) is 48.5 Å². The molecule has 8 aromatic rings. The summed E-state index contributed by atoms with van der Waals surface area (Å²) < 4.78 is 4.47. The Morgan fingerprint density at radius 3 is 2.18 bits per heavy atom. The third-order valence-electron chi connectivity index (χ3n) is 6.78. The van der Waals surface area contributed by atoms with Crippen molar-refractivity contribution in [3.05, 3.63) is 103 Å². The minimum Gasteiger partial charge on any atom is -0.308 e. The average molecular weight is 435 g/mol. The number of para-hydroxylation sites is 2. The maximum Gasteiger partial charge on any atom is 0.166 e. The van der Waals surface area contributed by atoms with Crippen LogP contribution in [0.15, 0.2) is 103 Å². The molecule has 0 aliphatic rings. The van der Waals surface area contributed by atoms with E-state index in [0.29, 0.717) is 0 Å². The smallest absolute Gasteiger partial charge is 0.166 e. The summed E-state index contributed by atoms with van der Waals surface area (Å²) in [6.07, 6.45) is 3.65. The monoisotopic (exact) mass is 435 g/mol. The topological polar surface area (TPSA) is 48.0 Å². The Hall–Kier alpha value is -4.77. The molecule has 5 heteroatoms. The largest absolute Gasteiger partial charge is 0.308 e. The van der Waals surface area contributed by atoms with Crippen LogP contribution in [0.4, 0.5) is 0 Å². The molecule has 0 radical (unpaired) electrons. The van der Waals surface area contributed by atoms with Crippen molar-refractivity contribution in [2.24, 2.45) is 0 Å². The van der Waals surface area contributed by atoms with Crippen molar-refractivity contribution >= 4 is 60.4 Å². The van der Waals surface area contributed by atoms with E-state index in [-0.39, 0.29) is 0 Å². The van der Waals surface area contributed by atoms with Crippen LogP contribution in [0.1, 0.15) is 0 Å². The van der Waals surface area contributed by atoms with Gasteiger partial charge in [0.2, 0.25) is 0 Å². The molecule has 5 aromatic heterocycles. The van der Waals surface area contributed by atoms with E-state index in [2.05, 4.69) is 86.7 Å². The Bertz CT molecular complexity index is 2070. The predicted octanol–water partition coefficient (Wildman–Crippen LogP) is 6.68. The molecule has 0 saturated carbocycles. The maximum atomic E-state index is 5.10. The van der Waals surface area contributed by atoms with Crippen LogP contribution < -0.4 is 0 Å². The first-order valence-corrected chi connectivity index (χ1v) is 11.3. The van der Waals surface area contributed by atoms with E-state index in [0.717, 1.165) is 49.8 Å². The number of benzene rings is 3. The second kappa shape index (κ2) is 6.39. The highest BCUT2D eigenvalue weighted by Crippen LogP contribution is 2.40. The number of nitrogens with zero attached hydrogens (tertiary/aromatic N) is 5. The molecule has 0 amide bonds. The van der Waals surface area contributed by atoms with Crippen LogP contribution in [0.5, 0.6) is 0 Å². The zero-order chi connectivity index (χ0) is 22.2. The molecule has 0 aliphatic heterocycles. The van der Waals surface area contributed by atoms with Gasteiger partial charge in [0.1, 0.15) is 11.2 Å². The normalized spacial score (nSPS) is 12.1. The second-order valence-electron chi connectivity index (χ2n) is 8.56. The SMILES string of the molecule is c1ccc(-n2c3ccccc3c3ccc4c5cccnc5n5c6ncccc6nc5c4c32)cc1. The standard InChI is InChI=1S/C29H17N5/c1-2-8-18(9-3-1)33-24-13-5-4-10-19(24)21-15-14-20-22-11-6-16-30-27(22)34-28-23(12-7-17-31-28)32-29(34)25(20)26(21)33/h1-17H. The van der Waals surface area contributed by atoms with Crippen LogP contribution >= 0.6 is 0 Å². The van der Waals surface area contributed by atoms with Gasteiger partial charge >= 0.3 is 0 Å². The Kier molecular flexibility index (Phi) is 3.34. The fraction of sp³-hybridized carbons (Fsp3) is 0. The molecule has 0 spiro atoms. The molecule has 0 aliphatic carbocycles. The number of imidazole rings is 1. The lowest BCUT2D eigenvalue weighted by Gasteiger charge is -2.12. The number of rotatable bonds is 1. The highest BCUT2D eigenvalue weighted by atomic mass is 15.1. The molecule has 158 valence electrons. The molecular formula is C29H17N5. The second-order valence-corrected chi connectivity index (χ2v) is 8.56. The third kappa shape index (κ3) is 2.16. The lowest BCUT2D eigenvalue weighted by Crippen LogP contribution is -1.98. The molecule has 0 bridgehead atoms. The quantitative estimate of drug-likeness (QED) is 0.270. The number of hydrogen-bond donors (Lipinski definition) is 0. The summed E-state index contributed by atoms with van der Waals surface area (Å²) in [6, 6.07) is 31.7. The molecule has 0 N–H and O–H groups in total. The van der Waals surface area contributed by atoms with Gasteiger partial charge in [-0.2, -0.15) is 0 Å². The average Bonchev–Trinajstić information content (AvgIpc) is 3.45. The summed E-state index contributed by atoms with van der Waals surface area (Å²) in [5, 5.41) is 5.76. The van der Waals surface area contributed by atoms with Crippen LogP contribution in [0.3, 0.4) is 0 Å². The van der Waals surface area contributed by atoms with Gasteiger partial charge in [-0.05, 0) is 47.9 Å². The van der Waals surface area contributed by atoms with Crippen LogP contribution in [-0.2, 0) is 0 Å². The van der Waals surface area contributed by atoms with Crippen molar-refractivity contribution < 1.29 is 0 Å². The summed E-state index contributed by atoms with van der Waals surface area (Å²) in [7, 11) is 0. The van der Waals surface area contributed by atoms with Crippen molar-refractivity contribution in [1.82, 2.24) is 23.9 Å². The zero-order valence-electron chi connectivity index (χ0n) is 18.1. The van der Waals surface area contributed by atoms with Gasteiger partial charge in [0, 0.05) is 34.2 Å². The fourth-order valence-electron chi connectivity index (χ4n) is 5.42. The summed E-state index contributed by atoms with van der Waals surface area (Å²) >= 11 is 0. The first-order valence-electron chi connectivity index (χ1n) is 11.3. The molecule has 5 heterocycles. The summed E-state index contributed by atoms with van der Waals surface area (Å²) in [4.78, 5) is 14.5. The molecule has 8 rings (SSSR count). The number of hydrogen-bond acceptors (Lipinski definition) is 3. The minimum absolute atomic E-state index is 0.822. The van der Waals surface area contributed by atoms with Gasteiger partial charge in [-0.15, -0.1) is 0 Å².